The number of benzene rings is 1. The van der Waals surface area contributed by atoms with Gasteiger partial charge in [0.1, 0.15) is 0 Å². The number of rotatable bonds is 2. The summed E-state index contributed by atoms with van der Waals surface area (Å²) in [6.07, 6.45) is 0. The van der Waals surface area contributed by atoms with Gasteiger partial charge in [0.05, 0.1) is 5.02 Å². The third kappa shape index (κ3) is 1.99. The first-order valence-corrected chi connectivity index (χ1v) is 4.75. The van der Waals surface area contributed by atoms with Crippen LogP contribution in [0.4, 0.5) is 4.39 Å². The summed E-state index contributed by atoms with van der Waals surface area (Å²) in [5, 5.41) is 9.36. The lowest BCUT2D eigenvalue weighted by Crippen LogP contribution is -2.17. The van der Waals surface area contributed by atoms with Gasteiger partial charge < -0.3 is 10.8 Å². The molecule has 1 unspecified atom stereocenters. The predicted octanol–water partition coefficient (Wildman–Crippen LogP) is 2.84. The molecule has 0 radical (unpaired) electrons. The van der Waals surface area contributed by atoms with Crippen molar-refractivity contribution in [3.8, 4) is 5.75 Å². The molecular weight excluding hydrogens is 205 g/mol. The Hall–Kier alpha value is -0.800. The Balaban J connectivity index is 3.17. The molecule has 2 nitrogen and oxygen atoms in total. The smallest absolute Gasteiger partial charge is 0.183 e. The van der Waals surface area contributed by atoms with Crippen LogP contribution >= 0.6 is 11.6 Å². The van der Waals surface area contributed by atoms with E-state index in [0.29, 0.717) is 5.56 Å². The molecule has 0 aromatic heterocycles. The first-order chi connectivity index (χ1) is 6.45. The fraction of sp³-hybridized carbons (Fsp3) is 0.400. The zero-order valence-electron chi connectivity index (χ0n) is 8.09. The highest BCUT2D eigenvalue weighted by Crippen LogP contribution is 2.33. The van der Waals surface area contributed by atoms with E-state index < -0.39 is 11.6 Å². The molecule has 0 bridgehead atoms. The third-order valence-corrected chi connectivity index (χ3v) is 2.47. The quantitative estimate of drug-likeness (QED) is 0.800. The average molecular weight is 218 g/mol. The van der Waals surface area contributed by atoms with E-state index in [1.54, 1.807) is 6.07 Å². The highest BCUT2D eigenvalue weighted by atomic mass is 35.5. The average Bonchev–Trinajstić information content (AvgIpc) is 2.13. The molecule has 0 aliphatic carbocycles. The van der Waals surface area contributed by atoms with Crippen molar-refractivity contribution in [2.75, 3.05) is 0 Å². The van der Waals surface area contributed by atoms with Crippen LogP contribution in [-0.2, 0) is 0 Å². The van der Waals surface area contributed by atoms with Gasteiger partial charge in [-0.25, -0.2) is 4.39 Å². The second-order valence-corrected chi connectivity index (χ2v) is 3.98. The van der Waals surface area contributed by atoms with Gasteiger partial charge in [0.25, 0.3) is 0 Å². The van der Waals surface area contributed by atoms with Crippen molar-refractivity contribution < 1.29 is 9.50 Å². The first kappa shape index (κ1) is 11.3. The van der Waals surface area contributed by atoms with Crippen LogP contribution in [0.15, 0.2) is 12.1 Å². The van der Waals surface area contributed by atoms with Gasteiger partial charge in [0, 0.05) is 11.6 Å². The van der Waals surface area contributed by atoms with Crippen LogP contribution in [0.2, 0.25) is 5.02 Å². The third-order valence-electron chi connectivity index (χ3n) is 2.18. The van der Waals surface area contributed by atoms with Crippen molar-refractivity contribution in [3.63, 3.8) is 0 Å². The van der Waals surface area contributed by atoms with E-state index in [1.165, 1.54) is 6.07 Å². The van der Waals surface area contributed by atoms with Crippen molar-refractivity contribution in [1.82, 2.24) is 0 Å². The Labute approximate surface area is 87.5 Å². The number of aromatic hydroxyl groups is 1. The molecule has 14 heavy (non-hydrogen) atoms. The van der Waals surface area contributed by atoms with Crippen LogP contribution in [0, 0.1) is 11.7 Å². The molecule has 1 aromatic carbocycles. The minimum Gasteiger partial charge on any atom is -0.505 e. The molecule has 1 aromatic rings. The van der Waals surface area contributed by atoms with Crippen LogP contribution < -0.4 is 5.73 Å². The fourth-order valence-corrected chi connectivity index (χ4v) is 1.34. The summed E-state index contributed by atoms with van der Waals surface area (Å²) in [4.78, 5) is 0. The largest absolute Gasteiger partial charge is 0.505 e. The normalized spacial score (nSPS) is 13.3. The predicted molar refractivity (Wildman–Crippen MR) is 54.8 cm³/mol. The fourth-order valence-electron chi connectivity index (χ4n) is 1.18. The second-order valence-electron chi connectivity index (χ2n) is 3.57. The standard InChI is InChI=1S/C10H13ClFNO/c1-5(2)9(13)6-3-4-7(11)8(12)10(6)14/h3-5,9,14H,13H2,1-2H3. The lowest BCUT2D eigenvalue weighted by molar-refractivity contribution is 0.407. The van der Waals surface area contributed by atoms with Crippen molar-refractivity contribution in [1.29, 1.82) is 0 Å². The molecule has 0 spiro atoms. The molecule has 0 amide bonds. The summed E-state index contributed by atoms with van der Waals surface area (Å²) in [5.41, 5.74) is 6.18. The Bertz CT molecular complexity index is 341. The summed E-state index contributed by atoms with van der Waals surface area (Å²) in [6, 6.07) is 2.56. The molecule has 3 N–H and O–H groups in total. The number of hydrogen-bond acceptors (Lipinski definition) is 2. The summed E-state index contributed by atoms with van der Waals surface area (Å²) in [7, 11) is 0. The van der Waals surface area contributed by atoms with Crippen molar-refractivity contribution in [2.45, 2.75) is 19.9 Å². The van der Waals surface area contributed by atoms with Crippen LogP contribution in [0.1, 0.15) is 25.5 Å². The van der Waals surface area contributed by atoms with Crippen LogP contribution in [0.3, 0.4) is 0 Å². The highest BCUT2D eigenvalue weighted by molar-refractivity contribution is 6.30. The van der Waals surface area contributed by atoms with Crippen LogP contribution in [0.5, 0.6) is 5.75 Å². The molecule has 0 saturated carbocycles. The van der Waals surface area contributed by atoms with E-state index in [4.69, 9.17) is 17.3 Å². The van der Waals surface area contributed by atoms with Gasteiger partial charge in [-0.3, -0.25) is 0 Å². The lowest BCUT2D eigenvalue weighted by atomic mass is 9.96. The van der Waals surface area contributed by atoms with Crippen molar-refractivity contribution in [3.05, 3.63) is 28.5 Å². The maximum atomic E-state index is 13.2. The van der Waals surface area contributed by atoms with Gasteiger partial charge in [0.15, 0.2) is 11.6 Å². The zero-order valence-corrected chi connectivity index (χ0v) is 8.85. The van der Waals surface area contributed by atoms with E-state index in [9.17, 15) is 9.50 Å². The number of hydrogen-bond donors (Lipinski definition) is 2. The molecule has 0 fully saturated rings. The van der Waals surface area contributed by atoms with Gasteiger partial charge in [-0.2, -0.15) is 0 Å². The molecule has 4 heteroatoms. The van der Waals surface area contributed by atoms with Gasteiger partial charge in [-0.05, 0) is 12.0 Å². The minimum atomic E-state index is -0.805. The summed E-state index contributed by atoms with van der Waals surface area (Å²) >= 11 is 5.49. The van der Waals surface area contributed by atoms with Gasteiger partial charge in [-0.15, -0.1) is 0 Å². The molecule has 0 aliphatic rings. The van der Waals surface area contributed by atoms with Gasteiger partial charge >= 0.3 is 0 Å². The number of phenolic OH excluding ortho intramolecular Hbond substituents is 1. The Morgan fingerprint density at radius 3 is 2.50 bits per heavy atom. The molecule has 0 heterocycles. The van der Waals surface area contributed by atoms with E-state index in [-0.39, 0.29) is 17.0 Å². The summed E-state index contributed by atoms with van der Waals surface area (Å²) in [5.74, 6) is -1.12. The van der Waals surface area contributed by atoms with Crippen molar-refractivity contribution in [2.24, 2.45) is 11.7 Å². The van der Waals surface area contributed by atoms with Crippen LogP contribution in [0.25, 0.3) is 0 Å². The topological polar surface area (TPSA) is 46.2 Å². The Morgan fingerprint density at radius 1 is 1.43 bits per heavy atom. The summed E-state index contributed by atoms with van der Waals surface area (Å²) in [6.45, 7) is 3.80. The molecule has 1 atom stereocenters. The van der Waals surface area contributed by atoms with E-state index in [2.05, 4.69) is 0 Å². The highest BCUT2D eigenvalue weighted by Gasteiger charge is 2.18. The lowest BCUT2D eigenvalue weighted by Gasteiger charge is -2.17. The van der Waals surface area contributed by atoms with Gasteiger partial charge in [-0.1, -0.05) is 31.5 Å². The first-order valence-electron chi connectivity index (χ1n) is 4.37. The molecule has 1 rings (SSSR count). The second kappa shape index (κ2) is 4.15. The van der Waals surface area contributed by atoms with E-state index in [0.717, 1.165) is 0 Å². The number of halogens is 2. The number of nitrogens with two attached hydrogens (primary N) is 1. The monoisotopic (exact) mass is 217 g/mol. The molecular formula is C10H13ClFNO. The Morgan fingerprint density at radius 2 is 2.00 bits per heavy atom. The maximum Gasteiger partial charge on any atom is 0.183 e. The van der Waals surface area contributed by atoms with Gasteiger partial charge in [0.2, 0.25) is 0 Å². The van der Waals surface area contributed by atoms with Crippen molar-refractivity contribution >= 4 is 11.6 Å². The van der Waals surface area contributed by atoms with E-state index in [1.807, 2.05) is 13.8 Å². The maximum absolute atomic E-state index is 13.2. The minimum absolute atomic E-state index is 0.0952. The van der Waals surface area contributed by atoms with E-state index >= 15 is 0 Å². The zero-order chi connectivity index (χ0) is 10.9. The SMILES string of the molecule is CC(C)C(N)c1ccc(Cl)c(F)c1O. The molecule has 0 saturated heterocycles. The molecule has 78 valence electrons. The molecule has 0 aliphatic heterocycles. The van der Waals surface area contributed by atoms with Crippen LogP contribution in [-0.4, -0.2) is 5.11 Å². The number of phenols is 1. The Kier molecular flexibility index (Phi) is 3.34. The summed E-state index contributed by atoms with van der Waals surface area (Å²) < 4.78 is 13.2.